The van der Waals surface area contributed by atoms with Gasteiger partial charge in [-0.3, -0.25) is 0 Å². The zero-order valence-electron chi connectivity index (χ0n) is 14.5. The predicted octanol–water partition coefficient (Wildman–Crippen LogP) is 3.59. The maximum absolute atomic E-state index is 10.2. The number of benzene rings is 2. The van der Waals surface area contributed by atoms with E-state index in [1.165, 1.54) is 12.2 Å². The van der Waals surface area contributed by atoms with E-state index in [0.717, 1.165) is 34.8 Å². The third-order valence-corrected chi connectivity index (χ3v) is 3.07. The molecular weight excluding hydrogens is 336 g/mol. The Morgan fingerprint density at radius 1 is 0.692 bits per heavy atom. The highest BCUT2D eigenvalue weighted by molar-refractivity contribution is 5.85. The third-order valence-electron chi connectivity index (χ3n) is 3.07. The second kappa shape index (κ2) is 11.1. The number of carboxylic acids is 2. The molecule has 136 valence electrons. The number of carbonyl (C=O) groups is 2. The topological polar surface area (TPSA) is 93.1 Å². The van der Waals surface area contributed by atoms with Gasteiger partial charge in [-0.1, -0.05) is 24.3 Å². The van der Waals surface area contributed by atoms with E-state index in [9.17, 15) is 9.59 Å². The highest BCUT2D eigenvalue weighted by Crippen LogP contribution is 2.12. The first-order valence-electron chi connectivity index (χ1n) is 7.54. The molecule has 2 N–H and O–H groups in total. The van der Waals surface area contributed by atoms with Gasteiger partial charge in [0, 0.05) is 12.2 Å². The molecular formula is C20H20O6. The molecule has 2 rings (SSSR count). The monoisotopic (exact) mass is 356 g/mol. The van der Waals surface area contributed by atoms with Crippen molar-refractivity contribution in [2.45, 2.75) is 0 Å². The maximum Gasteiger partial charge on any atom is 0.328 e. The van der Waals surface area contributed by atoms with Crippen molar-refractivity contribution in [1.82, 2.24) is 0 Å². The molecule has 6 nitrogen and oxygen atoms in total. The Labute approximate surface area is 151 Å². The van der Waals surface area contributed by atoms with Crippen LogP contribution in [0.2, 0.25) is 0 Å². The molecule has 6 heteroatoms. The first-order chi connectivity index (χ1) is 12.4. The molecule has 0 atom stereocenters. The Hall–Kier alpha value is -3.54. The van der Waals surface area contributed by atoms with E-state index in [-0.39, 0.29) is 0 Å². The molecule has 0 saturated carbocycles. The second-order valence-corrected chi connectivity index (χ2v) is 4.89. The Morgan fingerprint density at radius 3 is 1.23 bits per heavy atom. The highest BCUT2D eigenvalue weighted by Gasteiger charge is 1.92. The number of methoxy groups -OCH3 is 2. The van der Waals surface area contributed by atoms with Crippen LogP contribution in [0, 0.1) is 0 Å². The lowest BCUT2D eigenvalue weighted by molar-refractivity contribution is -0.132. The van der Waals surface area contributed by atoms with E-state index in [4.69, 9.17) is 19.7 Å². The summed E-state index contributed by atoms with van der Waals surface area (Å²) < 4.78 is 9.91. The van der Waals surface area contributed by atoms with E-state index in [1.54, 1.807) is 62.8 Å². The molecule has 0 aliphatic carbocycles. The van der Waals surface area contributed by atoms with Crippen molar-refractivity contribution in [3.63, 3.8) is 0 Å². The van der Waals surface area contributed by atoms with E-state index in [1.807, 2.05) is 0 Å². The summed E-state index contributed by atoms with van der Waals surface area (Å²) in [6.07, 6.45) is 5.26. The van der Waals surface area contributed by atoms with E-state index >= 15 is 0 Å². The number of hydrogen-bond acceptors (Lipinski definition) is 4. The number of carboxylic acid groups (broad SMARTS) is 2. The standard InChI is InChI=1S/2C10H10O3/c2*1-13-9-5-2-8(3-6-9)4-7-10(11)12/h2*2-7H,1H3,(H,11,12)/b2*7-4+. The molecule has 0 heterocycles. The Kier molecular flexibility index (Phi) is 8.75. The zero-order valence-corrected chi connectivity index (χ0v) is 14.5. The molecule has 0 aliphatic heterocycles. The average Bonchev–Trinajstić information content (AvgIpc) is 2.66. The summed E-state index contributed by atoms with van der Waals surface area (Å²) in [6.45, 7) is 0. The van der Waals surface area contributed by atoms with Crippen molar-refractivity contribution in [3.05, 3.63) is 71.8 Å². The zero-order chi connectivity index (χ0) is 19.4. The SMILES string of the molecule is COc1ccc(/C=C/C(=O)O)cc1.COc1ccc(/C=C/C(=O)O)cc1. The lowest BCUT2D eigenvalue weighted by Gasteiger charge is -1.98. The van der Waals surface area contributed by atoms with Gasteiger partial charge in [0.25, 0.3) is 0 Å². The average molecular weight is 356 g/mol. The van der Waals surface area contributed by atoms with Crippen LogP contribution < -0.4 is 9.47 Å². The fraction of sp³-hybridized carbons (Fsp3) is 0.100. The van der Waals surface area contributed by atoms with Gasteiger partial charge in [0.1, 0.15) is 11.5 Å². The van der Waals surface area contributed by atoms with E-state index in [0.29, 0.717) is 0 Å². The summed E-state index contributed by atoms with van der Waals surface area (Å²) in [5, 5.41) is 16.7. The molecule has 2 aromatic rings. The van der Waals surface area contributed by atoms with Crippen molar-refractivity contribution < 1.29 is 29.3 Å². The summed E-state index contributed by atoms with van der Waals surface area (Å²) in [6, 6.07) is 14.3. The van der Waals surface area contributed by atoms with Gasteiger partial charge >= 0.3 is 11.9 Å². The Balaban J connectivity index is 0.000000260. The molecule has 0 amide bonds. The third kappa shape index (κ3) is 8.35. The van der Waals surface area contributed by atoms with Gasteiger partial charge in [-0.2, -0.15) is 0 Å². The summed E-state index contributed by atoms with van der Waals surface area (Å²) in [5.41, 5.74) is 1.67. The highest BCUT2D eigenvalue weighted by atomic mass is 16.5. The number of ether oxygens (including phenoxy) is 2. The molecule has 0 fully saturated rings. The predicted molar refractivity (Wildman–Crippen MR) is 99.3 cm³/mol. The molecule has 0 bridgehead atoms. The molecule has 0 saturated heterocycles. The van der Waals surface area contributed by atoms with Gasteiger partial charge in [-0.15, -0.1) is 0 Å². The quantitative estimate of drug-likeness (QED) is 0.769. The minimum atomic E-state index is -0.948. The van der Waals surface area contributed by atoms with Crippen LogP contribution >= 0.6 is 0 Å². The lowest BCUT2D eigenvalue weighted by Crippen LogP contribution is -1.86. The van der Waals surface area contributed by atoms with Gasteiger partial charge in [0.2, 0.25) is 0 Å². The molecule has 0 aliphatic rings. The maximum atomic E-state index is 10.2. The van der Waals surface area contributed by atoms with Gasteiger partial charge in [0.15, 0.2) is 0 Å². The molecule has 26 heavy (non-hydrogen) atoms. The largest absolute Gasteiger partial charge is 0.497 e. The minimum Gasteiger partial charge on any atom is -0.497 e. The van der Waals surface area contributed by atoms with Crippen LogP contribution in [0.25, 0.3) is 12.2 Å². The van der Waals surface area contributed by atoms with Crippen LogP contribution in [0.5, 0.6) is 11.5 Å². The Morgan fingerprint density at radius 2 is 1.00 bits per heavy atom. The van der Waals surface area contributed by atoms with Crippen LogP contribution in [0.1, 0.15) is 11.1 Å². The van der Waals surface area contributed by atoms with Crippen molar-refractivity contribution in [2.24, 2.45) is 0 Å². The van der Waals surface area contributed by atoms with Gasteiger partial charge < -0.3 is 19.7 Å². The normalized spacial score (nSPS) is 10.2. The van der Waals surface area contributed by atoms with Crippen LogP contribution in [-0.4, -0.2) is 36.4 Å². The summed E-state index contributed by atoms with van der Waals surface area (Å²) in [7, 11) is 3.17. The van der Waals surface area contributed by atoms with Crippen LogP contribution in [-0.2, 0) is 9.59 Å². The number of hydrogen-bond donors (Lipinski definition) is 2. The van der Waals surface area contributed by atoms with E-state index < -0.39 is 11.9 Å². The minimum absolute atomic E-state index is 0.757. The van der Waals surface area contributed by atoms with Crippen molar-refractivity contribution in [2.75, 3.05) is 14.2 Å². The van der Waals surface area contributed by atoms with Crippen LogP contribution in [0.3, 0.4) is 0 Å². The van der Waals surface area contributed by atoms with Crippen molar-refractivity contribution in [3.8, 4) is 11.5 Å². The molecule has 0 spiro atoms. The first-order valence-corrected chi connectivity index (χ1v) is 7.54. The molecule has 0 aromatic heterocycles. The number of rotatable bonds is 6. The molecule has 0 radical (unpaired) electrons. The fourth-order valence-electron chi connectivity index (χ4n) is 1.77. The first kappa shape index (κ1) is 20.5. The van der Waals surface area contributed by atoms with Crippen molar-refractivity contribution >= 4 is 24.1 Å². The summed E-state index contributed by atoms with van der Waals surface area (Å²) >= 11 is 0. The smallest absolute Gasteiger partial charge is 0.328 e. The summed E-state index contributed by atoms with van der Waals surface area (Å²) in [4.78, 5) is 20.4. The van der Waals surface area contributed by atoms with Crippen molar-refractivity contribution in [1.29, 1.82) is 0 Å². The lowest BCUT2D eigenvalue weighted by atomic mass is 10.2. The fourth-order valence-corrected chi connectivity index (χ4v) is 1.77. The summed E-state index contributed by atoms with van der Waals surface area (Å²) in [5.74, 6) is -0.383. The molecule has 0 unspecified atom stereocenters. The van der Waals surface area contributed by atoms with Gasteiger partial charge in [-0.05, 0) is 47.5 Å². The number of aliphatic carboxylic acids is 2. The van der Waals surface area contributed by atoms with Gasteiger partial charge in [0.05, 0.1) is 14.2 Å². The van der Waals surface area contributed by atoms with Gasteiger partial charge in [-0.25, -0.2) is 9.59 Å². The van der Waals surface area contributed by atoms with Crippen LogP contribution in [0.15, 0.2) is 60.7 Å². The van der Waals surface area contributed by atoms with Crippen LogP contribution in [0.4, 0.5) is 0 Å². The Bertz CT molecular complexity index is 690. The second-order valence-electron chi connectivity index (χ2n) is 4.89. The molecule has 2 aromatic carbocycles. The van der Waals surface area contributed by atoms with E-state index in [2.05, 4.69) is 0 Å².